The molecule has 176 valence electrons. The van der Waals surface area contributed by atoms with Crippen LogP contribution in [0.2, 0.25) is 5.28 Å². The second-order valence-corrected chi connectivity index (χ2v) is 8.36. The number of halogens is 1. The predicted molar refractivity (Wildman–Crippen MR) is 128 cm³/mol. The molecular formula is C24H35ClN4O3. The van der Waals surface area contributed by atoms with Crippen LogP contribution in [0.5, 0.6) is 17.2 Å². The van der Waals surface area contributed by atoms with Crippen molar-refractivity contribution in [1.29, 1.82) is 0 Å². The van der Waals surface area contributed by atoms with E-state index in [0.29, 0.717) is 24.2 Å². The zero-order chi connectivity index (χ0) is 22.9. The van der Waals surface area contributed by atoms with Crippen LogP contribution in [0.15, 0.2) is 24.4 Å². The number of aromatic nitrogens is 2. The van der Waals surface area contributed by atoms with E-state index in [1.54, 1.807) is 13.3 Å². The van der Waals surface area contributed by atoms with Crippen LogP contribution in [0.4, 0.5) is 5.82 Å². The lowest BCUT2D eigenvalue weighted by atomic mass is 10.0. The van der Waals surface area contributed by atoms with Gasteiger partial charge in [-0.3, -0.25) is 4.90 Å². The summed E-state index contributed by atoms with van der Waals surface area (Å²) in [5, 5.41) is 3.68. The Kier molecular flexibility index (Phi) is 9.23. The fourth-order valence-corrected chi connectivity index (χ4v) is 4.07. The van der Waals surface area contributed by atoms with Crippen LogP contribution in [0.25, 0.3) is 0 Å². The van der Waals surface area contributed by atoms with Gasteiger partial charge in [0.15, 0.2) is 23.1 Å². The minimum atomic E-state index is 0.215. The summed E-state index contributed by atoms with van der Waals surface area (Å²) in [6.45, 7) is 9.80. The number of rotatable bonds is 11. The van der Waals surface area contributed by atoms with E-state index in [0.717, 1.165) is 56.8 Å². The van der Waals surface area contributed by atoms with E-state index in [1.807, 2.05) is 6.92 Å². The Balaban J connectivity index is 1.57. The molecular weight excluding hydrogens is 428 g/mol. The summed E-state index contributed by atoms with van der Waals surface area (Å²) in [5.41, 5.74) is 1.24. The van der Waals surface area contributed by atoms with Gasteiger partial charge in [-0.15, -0.1) is 0 Å². The van der Waals surface area contributed by atoms with Crippen molar-refractivity contribution in [1.82, 2.24) is 14.9 Å². The van der Waals surface area contributed by atoms with E-state index in [4.69, 9.17) is 25.8 Å². The largest absolute Gasteiger partial charge is 0.491 e. The first-order chi connectivity index (χ1) is 15.6. The Hall–Kier alpha value is -2.25. The number of ether oxygens (including phenoxy) is 3. The molecule has 2 aromatic rings. The highest BCUT2D eigenvalue weighted by Gasteiger charge is 2.21. The number of hydrogen-bond acceptors (Lipinski definition) is 7. The molecule has 0 spiro atoms. The highest BCUT2D eigenvalue weighted by Crippen LogP contribution is 2.31. The lowest BCUT2D eigenvalue weighted by Gasteiger charge is -2.33. The number of hydrogen-bond donors (Lipinski definition) is 1. The fraction of sp³-hybridized carbons (Fsp3) is 0.583. The van der Waals surface area contributed by atoms with Crippen LogP contribution in [-0.4, -0.2) is 53.8 Å². The van der Waals surface area contributed by atoms with E-state index in [1.165, 1.54) is 5.56 Å². The van der Waals surface area contributed by atoms with Crippen LogP contribution in [0.1, 0.15) is 52.0 Å². The normalized spacial score (nSPS) is 15.1. The number of likely N-dealkylation sites (tertiary alicyclic amines) is 1. The molecule has 7 nitrogen and oxygen atoms in total. The van der Waals surface area contributed by atoms with Crippen molar-refractivity contribution in [3.8, 4) is 17.2 Å². The van der Waals surface area contributed by atoms with Crippen molar-refractivity contribution >= 4 is 17.4 Å². The number of piperidine rings is 1. The number of methoxy groups -OCH3 is 1. The summed E-state index contributed by atoms with van der Waals surface area (Å²) >= 11 is 5.95. The first-order valence-electron chi connectivity index (χ1n) is 11.5. The maximum absolute atomic E-state index is 6.16. The van der Waals surface area contributed by atoms with Gasteiger partial charge in [-0.2, -0.15) is 4.98 Å². The van der Waals surface area contributed by atoms with Crippen molar-refractivity contribution in [3.63, 3.8) is 0 Å². The van der Waals surface area contributed by atoms with Gasteiger partial charge in [0.25, 0.3) is 0 Å². The lowest BCUT2D eigenvalue weighted by Crippen LogP contribution is -2.38. The number of benzene rings is 1. The molecule has 0 atom stereocenters. The monoisotopic (exact) mass is 462 g/mol. The highest BCUT2D eigenvalue weighted by atomic mass is 35.5. The SMILES string of the molecule is CCOc1cc(CN2CCC(Nc3nc(Cl)ncc3OC)CC2)ccc1OC(CC)CC. The van der Waals surface area contributed by atoms with Gasteiger partial charge in [-0.1, -0.05) is 19.9 Å². The molecule has 1 aliphatic rings. The molecule has 0 unspecified atom stereocenters. The van der Waals surface area contributed by atoms with Gasteiger partial charge in [0.1, 0.15) is 0 Å². The molecule has 1 fully saturated rings. The van der Waals surface area contributed by atoms with E-state index in [-0.39, 0.29) is 11.4 Å². The van der Waals surface area contributed by atoms with Crippen molar-refractivity contribution < 1.29 is 14.2 Å². The lowest BCUT2D eigenvalue weighted by molar-refractivity contribution is 0.181. The van der Waals surface area contributed by atoms with Gasteiger partial charge in [-0.25, -0.2) is 4.98 Å². The molecule has 32 heavy (non-hydrogen) atoms. The summed E-state index contributed by atoms with van der Waals surface area (Å²) in [4.78, 5) is 10.7. The van der Waals surface area contributed by atoms with Gasteiger partial charge < -0.3 is 19.5 Å². The van der Waals surface area contributed by atoms with Crippen LogP contribution >= 0.6 is 11.6 Å². The van der Waals surface area contributed by atoms with E-state index >= 15 is 0 Å². The summed E-state index contributed by atoms with van der Waals surface area (Å²) in [7, 11) is 1.61. The van der Waals surface area contributed by atoms with Crippen molar-refractivity contribution in [3.05, 3.63) is 35.2 Å². The molecule has 0 radical (unpaired) electrons. The second-order valence-electron chi connectivity index (χ2n) is 8.02. The number of nitrogens with one attached hydrogen (secondary N) is 1. The number of nitrogens with zero attached hydrogens (tertiary/aromatic N) is 3. The third-order valence-electron chi connectivity index (χ3n) is 5.79. The van der Waals surface area contributed by atoms with Gasteiger partial charge in [0.2, 0.25) is 5.28 Å². The predicted octanol–water partition coefficient (Wildman–Crippen LogP) is 5.18. The quantitative estimate of drug-likeness (QED) is 0.461. The third-order valence-corrected chi connectivity index (χ3v) is 5.97. The highest BCUT2D eigenvalue weighted by molar-refractivity contribution is 6.28. The molecule has 3 rings (SSSR count). The Morgan fingerprint density at radius 2 is 1.88 bits per heavy atom. The van der Waals surface area contributed by atoms with Crippen LogP contribution in [0, 0.1) is 0 Å². The maximum Gasteiger partial charge on any atom is 0.224 e. The maximum atomic E-state index is 6.16. The average Bonchev–Trinajstić information content (AvgIpc) is 2.80. The van der Waals surface area contributed by atoms with Gasteiger partial charge in [0.05, 0.1) is 26.0 Å². The molecule has 8 heteroatoms. The van der Waals surface area contributed by atoms with Gasteiger partial charge >= 0.3 is 0 Å². The molecule has 0 aliphatic carbocycles. The minimum absolute atomic E-state index is 0.215. The van der Waals surface area contributed by atoms with E-state index in [9.17, 15) is 0 Å². The summed E-state index contributed by atoms with van der Waals surface area (Å²) in [6, 6.07) is 6.65. The molecule has 2 heterocycles. The Labute approximate surface area is 196 Å². The van der Waals surface area contributed by atoms with Crippen LogP contribution in [-0.2, 0) is 6.54 Å². The van der Waals surface area contributed by atoms with Crippen LogP contribution in [0.3, 0.4) is 0 Å². The van der Waals surface area contributed by atoms with Gasteiger partial charge in [-0.05, 0) is 61.9 Å². The Morgan fingerprint density at radius 1 is 1.12 bits per heavy atom. The van der Waals surface area contributed by atoms with Crippen LogP contribution < -0.4 is 19.5 Å². The number of anilines is 1. The second kappa shape index (κ2) is 12.1. The average molecular weight is 463 g/mol. The molecule has 0 saturated carbocycles. The smallest absolute Gasteiger partial charge is 0.224 e. The van der Waals surface area contributed by atoms with E-state index < -0.39 is 0 Å². The Morgan fingerprint density at radius 3 is 2.53 bits per heavy atom. The molecule has 1 aliphatic heterocycles. The van der Waals surface area contributed by atoms with E-state index in [2.05, 4.69) is 52.2 Å². The first-order valence-corrected chi connectivity index (χ1v) is 11.9. The molecule has 1 N–H and O–H groups in total. The third kappa shape index (κ3) is 6.62. The van der Waals surface area contributed by atoms with Crippen molar-refractivity contribution in [2.75, 3.05) is 32.1 Å². The molecule has 0 bridgehead atoms. The van der Waals surface area contributed by atoms with Crippen molar-refractivity contribution in [2.45, 2.75) is 65.1 Å². The molecule has 1 aromatic carbocycles. The zero-order valence-electron chi connectivity index (χ0n) is 19.6. The summed E-state index contributed by atoms with van der Waals surface area (Å²) in [6.07, 6.45) is 5.81. The Bertz CT molecular complexity index is 855. The standard InChI is InChI=1S/C24H35ClN4O3/c1-5-19(6-2)32-20-9-8-17(14-21(20)31-7-3)16-29-12-10-18(11-13-29)27-23-22(30-4)15-26-24(25)28-23/h8-9,14-15,18-19H,5-7,10-13,16H2,1-4H3,(H,26,27,28). The molecule has 0 amide bonds. The minimum Gasteiger partial charge on any atom is -0.491 e. The molecule has 1 saturated heterocycles. The topological polar surface area (TPSA) is 68.7 Å². The van der Waals surface area contributed by atoms with Crippen molar-refractivity contribution in [2.24, 2.45) is 0 Å². The fourth-order valence-electron chi connectivity index (χ4n) is 3.94. The molecule has 1 aromatic heterocycles. The summed E-state index contributed by atoms with van der Waals surface area (Å²) < 4.78 is 17.4. The van der Waals surface area contributed by atoms with Gasteiger partial charge in [0, 0.05) is 25.7 Å². The summed E-state index contributed by atoms with van der Waals surface area (Å²) in [5.74, 6) is 2.93. The first kappa shape index (κ1) is 24.4. The zero-order valence-corrected chi connectivity index (χ0v) is 20.3.